The van der Waals surface area contributed by atoms with Crippen molar-refractivity contribution in [1.29, 1.82) is 0 Å². The molecule has 0 radical (unpaired) electrons. The second-order valence-electron chi connectivity index (χ2n) is 15.2. The Hall–Kier alpha value is -8.95. The Bertz CT molecular complexity index is 2910. The van der Waals surface area contributed by atoms with E-state index in [2.05, 4.69) is 0 Å². The van der Waals surface area contributed by atoms with E-state index in [0.29, 0.717) is 112 Å². The Balaban J connectivity index is 0.00000642. The van der Waals surface area contributed by atoms with Gasteiger partial charge in [0.25, 0.3) is 0 Å². The zero-order valence-electron chi connectivity index (χ0n) is 35.8. The van der Waals surface area contributed by atoms with E-state index in [-0.39, 0.29) is 16.5 Å². The molecule has 4 aromatic carbocycles. The van der Waals surface area contributed by atoms with Crippen LogP contribution in [-0.2, 0) is 35.7 Å². The summed E-state index contributed by atoms with van der Waals surface area (Å²) >= 11 is 0. The molecule has 0 atom stereocenters. The van der Waals surface area contributed by atoms with Crippen LogP contribution in [0, 0.1) is 0 Å². The minimum Gasteiger partial charge on any atom is -0.657 e. The van der Waals surface area contributed by atoms with Gasteiger partial charge in [0.1, 0.15) is 23.0 Å². The molecule has 3 aromatic heterocycles. The predicted octanol–water partition coefficient (Wildman–Crippen LogP) is 8.43. The van der Waals surface area contributed by atoms with Gasteiger partial charge in [-0.1, -0.05) is 72.8 Å². The molecular weight excluding hydrogens is 931 g/mol. The number of aliphatic carboxylic acids is 4. The number of benzene rings is 4. The quantitative estimate of drug-likeness (QED) is 0.0664. The SMILES string of the molecule is O=C(O)COc1ccc(-c2c3nc(c(-c4ccc(OCC(=O)O)cc4)c4ccc([n-]4)c(-c4ccc(OCC(=O)O)cc4)c4nc(c(-c5ccc(OCC(=O)O)cc5)c5ccc2[n-]5)C=C4)C=C3)cc1.[Ni+2]. The van der Waals surface area contributed by atoms with Crippen molar-refractivity contribution in [3.8, 4) is 67.5 Å². The van der Waals surface area contributed by atoms with Gasteiger partial charge >= 0.3 is 40.4 Å². The Labute approximate surface area is 401 Å². The van der Waals surface area contributed by atoms with Crippen molar-refractivity contribution in [1.82, 2.24) is 19.9 Å². The van der Waals surface area contributed by atoms with Gasteiger partial charge in [-0.3, -0.25) is 0 Å². The van der Waals surface area contributed by atoms with Crippen molar-refractivity contribution in [2.24, 2.45) is 0 Å². The van der Waals surface area contributed by atoms with Crippen LogP contribution in [0.5, 0.6) is 23.0 Å². The van der Waals surface area contributed by atoms with Gasteiger partial charge in [0, 0.05) is 0 Å². The first kappa shape index (κ1) is 46.6. The fourth-order valence-electron chi connectivity index (χ4n) is 7.72. The summed E-state index contributed by atoms with van der Waals surface area (Å²) in [5.41, 5.74) is 9.79. The van der Waals surface area contributed by atoms with Crippen LogP contribution in [0.4, 0.5) is 0 Å². The monoisotopic (exact) mass is 966 g/mol. The maximum atomic E-state index is 11.3. The summed E-state index contributed by atoms with van der Waals surface area (Å²) < 4.78 is 21.8. The van der Waals surface area contributed by atoms with E-state index >= 15 is 0 Å². The normalized spacial score (nSPS) is 11.4. The fraction of sp³-hybridized carbons (Fsp3) is 0.0769. The summed E-state index contributed by atoms with van der Waals surface area (Å²) in [6.45, 7) is -2.06. The van der Waals surface area contributed by atoms with E-state index in [1.165, 1.54) is 0 Å². The third-order valence-electron chi connectivity index (χ3n) is 10.6. The summed E-state index contributed by atoms with van der Waals surface area (Å²) in [6.07, 6.45) is 7.49. The molecule has 17 heteroatoms. The smallest absolute Gasteiger partial charge is 0.657 e. The Morgan fingerprint density at radius 3 is 0.739 bits per heavy atom. The predicted molar refractivity (Wildman–Crippen MR) is 251 cm³/mol. The van der Waals surface area contributed by atoms with Gasteiger partial charge in [0.05, 0.1) is 22.8 Å². The van der Waals surface area contributed by atoms with Crippen LogP contribution in [0.2, 0.25) is 0 Å². The molecule has 2 aliphatic rings. The van der Waals surface area contributed by atoms with Crippen LogP contribution >= 0.6 is 0 Å². The number of ether oxygens (including phenoxy) is 4. The number of carboxylic acid groups (broad SMARTS) is 4. The number of rotatable bonds is 16. The van der Waals surface area contributed by atoms with E-state index in [1.807, 2.05) is 48.6 Å². The van der Waals surface area contributed by atoms with Gasteiger partial charge in [0.15, 0.2) is 26.4 Å². The third kappa shape index (κ3) is 10.5. The van der Waals surface area contributed by atoms with Crippen molar-refractivity contribution >= 4 is 70.2 Å². The standard InChI is InChI=1S/C52H38N4O12.Ni/c57-45(58)25-65-33-9-1-29(2-10-33)49-37-17-19-39(53-37)50(30-3-11-34(12-4-30)66-26-46(59)60)41-21-23-43(55-41)52(32-7-15-36(16-8-32)68-28-48(63)64)44-24-22-42(56-44)51(40-20-18-38(49)54-40)31-5-13-35(14-6-31)67-27-47(61)62;/h1-24H,25-28H2,(H6,53,54,55,56,57,58,59,60,61,62,63,64);/q;+2/p-2. The maximum Gasteiger partial charge on any atom is 2.00 e. The molecule has 0 saturated heterocycles. The molecule has 0 unspecified atom stereocenters. The van der Waals surface area contributed by atoms with Crippen molar-refractivity contribution in [3.63, 3.8) is 0 Å². The van der Waals surface area contributed by atoms with E-state index in [0.717, 1.165) is 0 Å². The number of fused-ring (bicyclic) bond motifs is 8. The summed E-state index contributed by atoms with van der Waals surface area (Å²) in [5.74, 6) is -3.05. The molecule has 0 amide bonds. The number of hydrogen-bond donors (Lipinski definition) is 4. The third-order valence-corrected chi connectivity index (χ3v) is 10.6. The Morgan fingerprint density at radius 2 is 0.551 bits per heavy atom. The number of carboxylic acids is 4. The molecule has 0 saturated carbocycles. The van der Waals surface area contributed by atoms with Crippen LogP contribution in [0.3, 0.4) is 0 Å². The molecule has 9 rings (SSSR count). The van der Waals surface area contributed by atoms with Crippen LogP contribution in [-0.4, -0.2) is 80.7 Å². The summed E-state index contributed by atoms with van der Waals surface area (Å²) in [4.78, 5) is 66.0. The first-order valence-corrected chi connectivity index (χ1v) is 20.8. The van der Waals surface area contributed by atoms with Crippen LogP contribution in [0.15, 0.2) is 121 Å². The second kappa shape index (κ2) is 20.3. The molecule has 0 aliphatic carbocycles. The zero-order valence-corrected chi connectivity index (χ0v) is 36.8. The number of carbonyl (C=O) groups is 4. The minimum atomic E-state index is -1.11. The van der Waals surface area contributed by atoms with E-state index in [1.54, 1.807) is 97.1 Å². The average Bonchev–Trinajstić information content (AvgIpc) is 4.19. The topological polar surface area (TPSA) is 240 Å². The molecule has 8 bridgehead atoms. The van der Waals surface area contributed by atoms with Gasteiger partial charge in [0.2, 0.25) is 0 Å². The van der Waals surface area contributed by atoms with Crippen molar-refractivity contribution < 1.29 is 75.0 Å². The molecule has 7 aromatic rings. The molecule has 69 heavy (non-hydrogen) atoms. The zero-order chi connectivity index (χ0) is 47.3. The average molecular weight is 968 g/mol. The first-order valence-electron chi connectivity index (χ1n) is 20.8. The van der Waals surface area contributed by atoms with Gasteiger partial charge in [-0.05, 0) is 117 Å². The first-order chi connectivity index (χ1) is 32.9. The van der Waals surface area contributed by atoms with E-state index in [4.69, 9.17) is 38.9 Å². The molecule has 4 N–H and O–H groups in total. The summed E-state index contributed by atoms with van der Waals surface area (Å²) in [6, 6.07) is 35.2. The number of nitrogens with zero attached hydrogens (tertiary/aromatic N) is 4. The molecule has 5 heterocycles. The van der Waals surface area contributed by atoms with Crippen LogP contribution in [0.25, 0.3) is 90.9 Å². The molecule has 16 nitrogen and oxygen atoms in total. The van der Waals surface area contributed by atoms with Crippen LogP contribution in [0.1, 0.15) is 22.8 Å². The van der Waals surface area contributed by atoms with Gasteiger partial charge in [-0.2, -0.15) is 0 Å². The maximum absolute atomic E-state index is 11.3. The Kier molecular flexibility index (Phi) is 13.7. The van der Waals surface area contributed by atoms with E-state index < -0.39 is 50.3 Å². The second-order valence-corrected chi connectivity index (χ2v) is 15.2. The largest absolute Gasteiger partial charge is 2.00 e. The molecule has 346 valence electrons. The van der Waals surface area contributed by atoms with Crippen LogP contribution < -0.4 is 28.9 Å². The van der Waals surface area contributed by atoms with Gasteiger partial charge < -0.3 is 49.3 Å². The van der Waals surface area contributed by atoms with Gasteiger partial charge in [-0.15, -0.1) is 22.1 Å². The summed E-state index contributed by atoms with van der Waals surface area (Å²) in [7, 11) is 0. The summed E-state index contributed by atoms with van der Waals surface area (Å²) in [5, 5.41) is 36.9. The van der Waals surface area contributed by atoms with E-state index in [9.17, 15) is 39.6 Å². The Morgan fingerprint density at radius 1 is 0.348 bits per heavy atom. The van der Waals surface area contributed by atoms with Crippen molar-refractivity contribution in [3.05, 3.63) is 144 Å². The van der Waals surface area contributed by atoms with Gasteiger partial charge in [-0.25, -0.2) is 29.1 Å². The minimum absolute atomic E-state index is 0. The molecular formula is C52H36N4NiO12. The molecule has 2 aliphatic heterocycles. The molecule has 0 spiro atoms. The fourth-order valence-corrected chi connectivity index (χ4v) is 7.72. The number of aromatic nitrogens is 4. The van der Waals surface area contributed by atoms with Crippen molar-refractivity contribution in [2.45, 2.75) is 0 Å². The number of hydrogen-bond acceptors (Lipinski definition) is 10. The van der Waals surface area contributed by atoms with Crippen molar-refractivity contribution in [2.75, 3.05) is 26.4 Å². The molecule has 0 fully saturated rings.